The van der Waals surface area contributed by atoms with E-state index in [1.165, 1.54) is 0 Å². The van der Waals surface area contributed by atoms with E-state index in [9.17, 15) is 14.7 Å². The molecule has 0 bridgehead atoms. The maximum Gasteiger partial charge on any atom is 0.290 e. The lowest BCUT2D eigenvalue weighted by Crippen LogP contribution is -2.30. The van der Waals surface area contributed by atoms with E-state index in [4.69, 9.17) is 16.0 Å². The second kappa shape index (κ2) is 6.99. The highest BCUT2D eigenvalue weighted by Gasteiger charge is 2.42. The Morgan fingerprint density at radius 3 is 2.71 bits per heavy atom. The first-order valence-corrected chi connectivity index (χ1v) is 9.67. The minimum Gasteiger partial charge on any atom is -0.508 e. The van der Waals surface area contributed by atoms with Crippen molar-refractivity contribution in [2.75, 3.05) is 6.54 Å². The molecular weight excluding hydrogens is 378 g/mol. The van der Waals surface area contributed by atoms with E-state index in [1.54, 1.807) is 41.3 Å². The van der Waals surface area contributed by atoms with Crippen LogP contribution < -0.4 is 5.43 Å². The van der Waals surface area contributed by atoms with Crippen molar-refractivity contribution in [3.05, 3.63) is 74.1 Å². The third-order valence-corrected chi connectivity index (χ3v) is 5.59. The number of rotatable bonds is 4. The normalized spacial score (nSPS) is 16.0. The highest BCUT2D eigenvalue weighted by molar-refractivity contribution is 6.32. The number of hydrogen-bond donors (Lipinski definition) is 1. The van der Waals surface area contributed by atoms with Crippen molar-refractivity contribution < 1.29 is 14.3 Å². The Morgan fingerprint density at radius 2 is 2.00 bits per heavy atom. The maximum atomic E-state index is 13.4. The molecule has 1 aromatic heterocycles. The predicted octanol–water partition coefficient (Wildman–Crippen LogP) is 4.81. The van der Waals surface area contributed by atoms with Crippen LogP contribution in [-0.2, 0) is 0 Å². The van der Waals surface area contributed by atoms with E-state index in [0.717, 1.165) is 18.4 Å². The lowest BCUT2D eigenvalue weighted by atomic mass is 9.98. The molecule has 0 aliphatic carbocycles. The van der Waals surface area contributed by atoms with Crippen LogP contribution in [-0.4, -0.2) is 22.5 Å². The van der Waals surface area contributed by atoms with E-state index in [-0.39, 0.29) is 22.8 Å². The molecule has 6 heteroatoms. The number of nitrogens with zero attached hydrogens (tertiary/aromatic N) is 1. The molecule has 3 aromatic rings. The Bertz CT molecular complexity index is 1150. The molecule has 1 aliphatic rings. The van der Waals surface area contributed by atoms with Crippen molar-refractivity contribution in [3.63, 3.8) is 0 Å². The van der Waals surface area contributed by atoms with Gasteiger partial charge in [-0.2, -0.15) is 0 Å². The fraction of sp³-hybridized carbons (Fsp3) is 0.273. The number of aromatic hydroxyl groups is 1. The summed E-state index contributed by atoms with van der Waals surface area (Å²) in [6.07, 6.45) is 1.71. The second-order valence-corrected chi connectivity index (χ2v) is 7.53. The van der Waals surface area contributed by atoms with Crippen LogP contribution in [0.5, 0.6) is 5.75 Å². The third kappa shape index (κ3) is 2.87. The van der Waals surface area contributed by atoms with Gasteiger partial charge < -0.3 is 14.4 Å². The van der Waals surface area contributed by atoms with Gasteiger partial charge in [-0.25, -0.2) is 0 Å². The molecule has 0 fully saturated rings. The number of benzene rings is 2. The number of fused-ring (bicyclic) bond motifs is 2. The summed E-state index contributed by atoms with van der Waals surface area (Å²) in [6, 6.07) is 9.33. The topological polar surface area (TPSA) is 70.8 Å². The zero-order chi connectivity index (χ0) is 20.0. The van der Waals surface area contributed by atoms with Crippen molar-refractivity contribution in [2.45, 2.75) is 32.7 Å². The molecule has 2 aromatic carbocycles. The Hall–Kier alpha value is -2.79. The largest absolute Gasteiger partial charge is 0.508 e. The first-order chi connectivity index (χ1) is 13.4. The zero-order valence-electron chi connectivity index (χ0n) is 15.7. The molecule has 1 amide bonds. The van der Waals surface area contributed by atoms with Crippen LogP contribution in [0.4, 0.5) is 0 Å². The standard InChI is InChI=1S/C22H20ClNO4/c1-3-4-8-24-19(13-6-5-7-14(25)10-13)18-20(26)15-11-16(23)12(2)9-17(15)28-21(18)22(24)27/h5-7,9-11,19,25H,3-4,8H2,1-2H3. The van der Waals surface area contributed by atoms with Crippen molar-refractivity contribution >= 4 is 28.5 Å². The molecule has 1 aliphatic heterocycles. The van der Waals surface area contributed by atoms with Gasteiger partial charge in [0, 0.05) is 11.6 Å². The van der Waals surface area contributed by atoms with E-state index in [2.05, 4.69) is 0 Å². The summed E-state index contributed by atoms with van der Waals surface area (Å²) in [7, 11) is 0. The SMILES string of the molecule is CCCCN1C(=O)c2oc3cc(C)c(Cl)cc3c(=O)c2C1c1cccc(O)c1. The quantitative estimate of drug-likeness (QED) is 0.686. The van der Waals surface area contributed by atoms with E-state index >= 15 is 0 Å². The van der Waals surface area contributed by atoms with Gasteiger partial charge in [-0.3, -0.25) is 9.59 Å². The van der Waals surface area contributed by atoms with Gasteiger partial charge in [-0.1, -0.05) is 37.1 Å². The molecule has 144 valence electrons. The first kappa shape index (κ1) is 18.6. The van der Waals surface area contributed by atoms with Crippen LogP contribution in [0.3, 0.4) is 0 Å². The summed E-state index contributed by atoms with van der Waals surface area (Å²) in [5.74, 6) is -0.148. The van der Waals surface area contributed by atoms with Crippen LogP contribution in [0.25, 0.3) is 11.0 Å². The predicted molar refractivity (Wildman–Crippen MR) is 108 cm³/mol. The second-order valence-electron chi connectivity index (χ2n) is 7.12. The van der Waals surface area contributed by atoms with Crippen LogP contribution in [0, 0.1) is 6.92 Å². The Balaban J connectivity index is 2.00. The molecule has 2 heterocycles. The van der Waals surface area contributed by atoms with Crippen molar-refractivity contribution in [1.29, 1.82) is 0 Å². The minimum absolute atomic E-state index is 0.0728. The number of phenolic OH excluding ortho intramolecular Hbond substituents is 1. The van der Waals surface area contributed by atoms with Crippen LogP contribution in [0.2, 0.25) is 5.02 Å². The molecule has 28 heavy (non-hydrogen) atoms. The number of amides is 1. The molecule has 0 spiro atoms. The van der Waals surface area contributed by atoms with E-state index in [1.807, 2.05) is 13.8 Å². The molecule has 4 rings (SSSR count). The van der Waals surface area contributed by atoms with Gasteiger partial charge in [0.2, 0.25) is 5.76 Å². The molecule has 1 atom stereocenters. The monoisotopic (exact) mass is 397 g/mol. The van der Waals surface area contributed by atoms with Gasteiger partial charge >= 0.3 is 0 Å². The van der Waals surface area contributed by atoms with Crippen LogP contribution in [0.1, 0.15) is 53.1 Å². The summed E-state index contributed by atoms with van der Waals surface area (Å²) >= 11 is 6.22. The number of aryl methyl sites for hydroxylation is 1. The molecule has 0 radical (unpaired) electrons. The lowest BCUT2D eigenvalue weighted by Gasteiger charge is -2.25. The summed E-state index contributed by atoms with van der Waals surface area (Å²) in [5, 5.41) is 10.8. The van der Waals surface area contributed by atoms with E-state index in [0.29, 0.717) is 33.7 Å². The fourth-order valence-corrected chi connectivity index (χ4v) is 3.91. The van der Waals surface area contributed by atoms with Gasteiger partial charge in [0.25, 0.3) is 5.91 Å². The average molecular weight is 398 g/mol. The number of hydrogen-bond acceptors (Lipinski definition) is 4. The number of carbonyl (C=O) groups is 1. The smallest absolute Gasteiger partial charge is 0.290 e. The lowest BCUT2D eigenvalue weighted by molar-refractivity contribution is 0.0725. The van der Waals surface area contributed by atoms with Crippen LogP contribution in [0.15, 0.2) is 45.6 Å². The van der Waals surface area contributed by atoms with Gasteiger partial charge in [0.1, 0.15) is 11.3 Å². The van der Waals surface area contributed by atoms with Crippen LogP contribution >= 0.6 is 11.6 Å². The average Bonchev–Trinajstić information content (AvgIpc) is 2.94. The minimum atomic E-state index is -0.595. The van der Waals surface area contributed by atoms with Crippen molar-refractivity contribution in [3.8, 4) is 5.75 Å². The summed E-state index contributed by atoms with van der Waals surface area (Å²) < 4.78 is 5.91. The van der Waals surface area contributed by atoms with E-state index < -0.39 is 6.04 Å². The van der Waals surface area contributed by atoms with Gasteiger partial charge in [-0.05, 0) is 48.7 Å². The van der Waals surface area contributed by atoms with Crippen molar-refractivity contribution in [1.82, 2.24) is 4.90 Å². The summed E-state index contributed by atoms with van der Waals surface area (Å²) in [6.45, 7) is 4.36. The highest BCUT2D eigenvalue weighted by Crippen LogP contribution is 2.39. The molecule has 1 N–H and O–H groups in total. The summed E-state index contributed by atoms with van der Waals surface area (Å²) in [4.78, 5) is 28.1. The maximum absolute atomic E-state index is 13.4. The zero-order valence-corrected chi connectivity index (χ0v) is 16.4. The molecule has 1 unspecified atom stereocenters. The first-order valence-electron chi connectivity index (χ1n) is 9.29. The Labute approximate surface area is 167 Å². The van der Waals surface area contributed by atoms with Gasteiger partial charge in [0.15, 0.2) is 5.43 Å². The molecular formula is C22H20ClNO4. The van der Waals surface area contributed by atoms with Gasteiger partial charge in [-0.15, -0.1) is 0 Å². The summed E-state index contributed by atoms with van der Waals surface area (Å²) in [5.41, 5.74) is 1.84. The number of halogens is 1. The highest BCUT2D eigenvalue weighted by atomic mass is 35.5. The molecule has 5 nitrogen and oxygen atoms in total. The number of unbranched alkanes of at least 4 members (excludes halogenated alkanes) is 1. The number of carbonyl (C=O) groups excluding carboxylic acids is 1. The van der Waals surface area contributed by atoms with Crippen molar-refractivity contribution in [2.24, 2.45) is 0 Å². The Kier molecular flexibility index (Phi) is 4.63. The molecule has 0 saturated carbocycles. The third-order valence-electron chi connectivity index (χ3n) is 5.19. The fourth-order valence-electron chi connectivity index (χ4n) is 3.74. The Morgan fingerprint density at radius 1 is 1.21 bits per heavy atom. The number of phenols is 1. The molecule has 0 saturated heterocycles. The van der Waals surface area contributed by atoms with Gasteiger partial charge in [0.05, 0.1) is 17.0 Å².